The number of nitrogens with one attached hydrogen (secondary N) is 1. The van der Waals surface area contributed by atoms with Gasteiger partial charge in [0.15, 0.2) is 0 Å². The van der Waals surface area contributed by atoms with Gasteiger partial charge in [-0.2, -0.15) is 0 Å². The first-order valence-electron chi connectivity index (χ1n) is 27.6. The molecule has 1 amide bonds. The fraction of sp³-hybridized carbons (Fsp3) is 0.911. The number of aliphatic hydroxyl groups is 2. The quantitative estimate of drug-likeness (QED) is 0.0422. The van der Waals surface area contributed by atoms with Crippen LogP contribution in [-0.4, -0.2) is 34.9 Å². The minimum absolute atomic E-state index is 0.0679. The molecule has 0 aliphatic carbocycles. The molecule has 4 heteroatoms. The van der Waals surface area contributed by atoms with Crippen molar-refractivity contribution in [2.24, 2.45) is 0 Å². The number of allylic oxidation sites excluding steroid dienone is 3. The van der Waals surface area contributed by atoms with Crippen molar-refractivity contribution in [3.8, 4) is 0 Å². The zero-order valence-electron chi connectivity index (χ0n) is 41.0. The molecule has 0 aliphatic heterocycles. The minimum atomic E-state index is -0.858. The van der Waals surface area contributed by atoms with Crippen molar-refractivity contribution in [3.63, 3.8) is 0 Å². The van der Waals surface area contributed by atoms with Crippen LogP contribution < -0.4 is 5.32 Å². The molecule has 3 N–H and O–H groups in total. The first kappa shape index (κ1) is 58.9. The van der Waals surface area contributed by atoms with E-state index in [1.807, 2.05) is 6.08 Å². The molecule has 0 rings (SSSR count). The molecule has 356 valence electrons. The molecule has 0 fully saturated rings. The highest BCUT2D eigenvalue weighted by Gasteiger charge is 2.18. The van der Waals surface area contributed by atoms with Crippen molar-refractivity contribution in [2.45, 2.75) is 321 Å². The summed E-state index contributed by atoms with van der Waals surface area (Å²) in [6.45, 7) is 4.32. The molecule has 0 spiro atoms. The first-order valence-corrected chi connectivity index (χ1v) is 27.6. The van der Waals surface area contributed by atoms with Crippen molar-refractivity contribution in [1.82, 2.24) is 5.32 Å². The molecule has 4 nitrogen and oxygen atoms in total. The molecular formula is C56H109NO3. The number of rotatable bonds is 51. The molecule has 2 atom stereocenters. The van der Waals surface area contributed by atoms with Gasteiger partial charge >= 0.3 is 0 Å². The summed E-state index contributed by atoms with van der Waals surface area (Å²) < 4.78 is 0. The zero-order chi connectivity index (χ0) is 43.5. The van der Waals surface area contributed by atoms with Gasteiger partial charge in [-0.1, -0.05) is 295 Å². The van der Waals surface area contributed by atoms with Gasteiger partial charge in [-0.25, -0.2) is 0 Å². The van der Waals surface area contributed by atoms with Crippen LogP contribution in [0.4, 0.5) is 0 Å². The molecule has 0 bridgehead atoms. The third kappa shape index (κ3) is 47.9. The highest BCUT2D eigenvalue weighted by Crippen LogP contribution is 2.18. The number of aliphatic hydroxyl groups excluding tert-OH is 2. The van der Waals surface area contributed by atoms with Crippen molar-refractivity contribution in [1.29, 1.82) is 0 Å². The van der Waals surface area contributed by atoms with Crippen molar-refractivity contribution in [2.75, 3.05) is 6.61 Å². The van der Waals surface area contributed by atoms with E-state index in [1.54, 1.807) is 6.08 Å². The molecule has 0 heterocycles. The van der Waals surface area contributed by atoms with Crippen LogP contribution in [0, 0.1) is 0 Å². The Balaban J connectivity index is 3.41. The third-order valence-electron chi connectivity index (χ3n) is 12.9. The van der Waals surface area contributed by atoms with Crippen LogP contribution in [0.1, 0.15) is 309 Å². The Hall–Kier alpha value is -1.13. The predicted octanol–water partition coefficient (Wildman–Crippen LogP) is 17.9. The Bertz CT molecular complexity index is 871. The average molecular weight is 844 g/mol. The maximum Gasteiger partial charge on any atom is 0.220 e. The second-order valence-electron chi connectivity index (χ2n) is 19.0. The van der Waals surface area contributed by atoms with Gasteiger partial charge in [0.2, 0.25) is 5.91 Å². The second-order valence-corrected chi connectivity index (χ2v) is 19.0. The van der Waals surface area contributed by atoms with Crippen LogP contribution in [0.2, 0.25) is 0 Å². The highest BCUT2D eigenvalue weighted by molar-refractivity contribution is 5.76. The Kier molecular flexibility index (Phi) is 51.2. The topological polar surface area (TPSA) is 69.6 Å². The lowest BCUT2D eigenvalue weighted by Gasteiger charge is -2.19. The Morgan fingerprint density at radius 3 is 0.967 bits per heavy atom. The van der Waals surface area contributed by atoms with Gasteiger partial charge in [0.1, 0.15) is 0 Å². The lowest BCUT2D eigenvalue weighted by molar-refractivity contribution is -0.123. The van der Waals surface area contributed by atoms with E-state index in [-0.39, 0.29) is 12.5 Å². The van der Waals surface area contributed by atoms with E-state index in [2.05, 4.69) is 31.3 Å². The summed E-state index contributed by atoms with van der Waals surface area (Å²) in [6, 6.07) is -0.635. The molecule has 0 aromatic carbocycles. The normalized spacial score (nSPS) is 12.9. The summed E-state index contributed by atoms with van der Waals surface area (Å²) in [7, 11) is 0. The standard InChI is InChI=1S/C56H109NO3/c1-3-5-7-9-11-13-15-17-19-20-21-22-23-24-25-26-27-28-29-30-31-32-33-34-35-36-38-40-42-44-46-48-50-52-56(60)57-54(53-58)55(59)51-49-47-45-43-41-39-37-18-16-14-12-10-8-6-4-2/h41,43,49,51,54-55,58-59H,3-40,42,44-48,50,52-53H2,1-2H3,(H,57,60)/b43-41+,51-49+. The summed E-state index contributed by atoms with van der Waals surface area (Å²) in [5.74, 6) is -0.0679. The number of amides is 1. The number of carbonyl (C=O) groups is 1. The SMILES string of the molecule is CCCCCCCCCCC/C=C/CC/C=C/C(O)C(CO)NC(=O)CCCCCCCCCCCCCCCCCCCCCCCCCCCCCCCCCCC. The number of carbonyl (C=O) groups excluding carboxylic acids is 1. The molecular weight excluding hydrogens is 735 g/mol. The van der Waals surface area contributed by atoms with Crippen LogP contribution in [0.25, 0.3) is 0 Å². The van der Waals surface area contributed by atoms with E-state index in [1.165, 1.54) is 257 Å². The molecule has 0 aromatic rings. The van der Waals surface area contributed by atoms with E-state index in [9.17, 15) is 15.0 Å². The molecule has 0 radical (unpaired) electrons. The lowest BCUT2D eigenvalue weighted by atomic mass is 10.0. The number of unbranched alkanes of at least 4 members (excludes halogenated alkanes) is 42. The van der Waals surface area contributed by atoms with Crippen LogP contribution in [0.5, 0.6) is 0 Å². The molecule has 0 saturated heterocycles. The highest BCUT2D eigenvalue weighted by atomic mass is 16.3. The Morgan fingerprint density at radius 1 is 0.383 bits per heavy atom. The zero-order valence-corrected chi connectivity index (χ0v) is 41.0. The van der Waals surface area contributed by atoms with Gasteiger partial charge in [0.05, 0.1) is 18.8 Å². The van der Waals surface area contributed by atoms with Gasteiger partial charge in [-0.05, 0) is 32.1 Å². The molecule has 0 aromatic heterocycles. The van der Waals surface area contributed by atoms with Gasteiger partial charge in [0, 0.05) is 6.42 Å². The maximum atomic E-state index is 12.4. The monoisotopic (exact) mass is 844 g/mol. The third-order valence-corrected chi connectivity index (χ3v) is 12.9. The second kappa shape index (κ2) is 52.2. The smallest absolute Gasteiger partial charge is 0.220 e. The largest absolute Gasteiger partial charge is 0.394 e. The van der Waals surface area contributed by atoms with Crippen molar-refractivity contribution >= 4 is 5.91 Å². The average Bonchev–Trinajstić information content (AvgIpc) is 3.25. The predicted molar refractivity (Wildman–Crippen MR) is 267 cm³/mol. The Morgan fingerprint density at radius 2 is 0.650 bits per heavy atom. The minimum Gasteiger partial charge on any atom is -0.394 e. The number of hydrogen-bond donors (Lipinski definition) is 3. The summed E-state index contributed by atoms with van der Waals surface area (Å²) in [5.41, 5.74) is 0. The fourth-order valence-corrected chi connectivity index (χ4v) is 8.73. The molecule has 0 aliphatic rings. The molecule has 2 unspecified atom stereocenters. The first-order chi connectivity index (χ1) is 29.7. The molecule has 0 saturated carbocycles. The van der Waals surface area contributed by atoms with Crippen LogP contribution in [0.3, 0.4) is 0 Å². The lowest BCUT2D eigenvalue weighted by Crippen LogP contribution is -2.45. The van der Waals surface area contributed by atoms with Crippen LogP contribution >= 0.6 is 0 Å². The van der Waals surface area contributed by atoms with E-state index in [4.69, 9.17) is 0 Å². The van der Waals surface area contributed by atoms with Gasteiger partial charge in [-0.15, -0.1) is 0 Å². The van der Waals surface area contributed by atoms with E-state index in [0.717, 1.165) is 32.1 Å². The van der Waals surface area contributed by atoms with Crippen molar-refractivity contribution < 1.29 is 15.0 Å². The van der Waals surface area contributed by atoms with Crippen LogP contribution in [-0.2, 0) is 4.79 Å². The maximum absolute atomic E-state index is 12.4. The molecule has 60 heavy (non-hydrogen) atoms. The van der Waals surface area contributed by atoms with Gasteiger partial charge in [-0.3, -0.25) is 4.79 Å². The Labute approximate surface area is 377 Å². The van der Waals surface area contributed by atoms with E-state index < -0.39 is 12.1 Å². The van der Waals surface area contributed by atoms with Gasteiger partial charge in [0.25, 0.3) is 0 Å². The summed E-state index contributed by atoms with van der Waals surface area (Å²) in [4.78, 5) is 12.4. The number of hydrogen-bond acceptors (Lipinski definition) is 3. The van der Waals surface area contributed by atoms with Crippen LogP contribution in [0.15, 0.2) is 24.3 Å². The van der Waals surface area contributed by atoms with Crippen molar-refractivity contribution in [3.05, 3.63) is 24.3 Å². The summed E-state index contributed by atoms with van der Waals surface area (Å²) in [6.07, 6.45) is 69.2. The van der Waals surface area contributed by atoms with E-state index in [0.29, 0.717) is 6.42 Å². The summed E-state index contributed by atoms with van der Waals surface area (Å²) >= 11 is 0. The van der Waals surface area contributed by atoms with Gasteiger partial charge < -0.3 is 15.5 Å². The van der Waals surface area contributed by atoms with E-state index >= 15 is 0 Å². The summed E-state index contributed by atoms with van der Waals surface area (Å²) in [5, 5.41) is 23.1. The fourth-order valence-electron chi connectivity index (χ4n) is 8.73.